The maximum absolute atomic E-state index is 13.1. The third-order valence-electron chi connectivity index (χ3n) is 1.86. The molecule has 5 heteroatoms. The first-order chi connectivity index (χ1) is 6.59. The van der Waals surface area contributed by atoms with E-state index in [1.54, 1.807) is 0 Å². The summed E-state index contributed by atoms with van der Waals surface area (Å²) in [4.78, 5) is 14.0. The Balaban J connectivity index is 3.03. The van der Waals surface area contributed by atoms with E-state index in [9.17, 15) is 13.6 Å². The van der Waals surface area contributed by atoms with Gasteiger partial charge in [0.05, 0.1) is 15.4 Å². The Morgan fingerprint density at radius 3 is 2.71 bits per heavy atom. The van der Waals surface area contributed by atoms with Gasteiger partial charge in [-0.15, -0.1) is 0 Å². The Hall–Kier alpha value is -1.23. The fraction of sp³-hybridized carbons (Fsp3) is 0. The van der Waals surface area contributed by atoms with Gasteiger partial charge in [-0.1, -0.05) is 0 Å². The second-order valence-corrected chi connectivity index (χ2v) is 3.63. The van der Waals surface area contributed by atoms with Crippen LogP contribution in [0.5, 0.6) is 0 Å². The van der Waals surface area contributed by atoms with Crippen LogP contribution in [0.25, 0.3) is 10.9 Å². The maximum Gasteiger partial charge on any atom is 0.203 e. The largest absolute Gasteiger partial charge is 0.357 e. The number of H-pyrrole nitrogens is 1. The van der Waals surface area contributed by atoms with Crippen LogP contribution in [0.3, 0.4) is 0 Å². The summed E-state index contributed by atoms with van der Waals surface area (Å²) in [5, 5.41) is -0.00289. The average molecular weight is 260 g/mol. The zero-order valence-corrected chi connectivity index (χ0v) is 8.36. The van der Waals surface area contributed by atoms with Crippen LogP contribution in [-0.4, -0.2) is 4.98 Å². The Morgan fingerprint density at radius 1 is 1.29 bits per heavy atom. The molecule has 1 N–H and O–H groups in total. The van der Waals surface area contributed by atoms with Crippen LogP contribution < -0.4 is 5.43 Å². The van der Waals surface area contributed by atoms with Crippen LogP contribution in [0.2, 0.25) is 0 Å². The molecule has 2 nitrogen and oxygen atoms in total. The molecule has 0 bridgehead atoms. The molecule has 0 aliphatic carbocycles. The summed E-state index contributed by atoms with van der Waals surface area (Å²) in [7, 11) is 0. The normalized spacial score (nSPS) is 10.8. The van der Waals surface area contributed by atoms with Gasteiger partial charge in [-0.2, -0.15) is 0 Å². The Morgan fingerprint density at radius 2 is 2.00 bits per heavy atom. The van der Waals surface area contributed by atoms with Crippen molar-refractivity contribution in [3.63, 3.8) is 0 Å². The summed E-state index contributed by atoms with van der Waals surface area (Å²) in [6.45, 7) is 0. The van der Waals surface area contributed by atoms with E-state index in [-0.39, 0.29) is 15.4 Å². The third kappa shape index (κ3) is 1.33. The van der Waals surface area contributed by atoms with E-state index in [2.05, 4.69) is 20.9 Å². The van der Waals surface area contributed by atoms with E-state index in [0.717, 1.165) is 12.1 Å². The van der Waals surface area contributed by atoms with Gasteiger partial charge in [0, 0.05) is 12.3 Å². The Labute approximate surface area is 85.7 Å². The number of hydrogen-bond donors (Lipinski definition) is 1. The molecule has 0 saturated heterocycles. The summed E-state index contributed by atoms with van der Waals surface area (Å²) in [5.74, 6) is -1.54. The number of benzene rings is 1. The molecule has 0 fully saturated rings. The van der Waals surface area contributed by atoms with Gasteiger partial charge in [0.1, 0.15) is 11.6 Å². The molecule has 0 spiro atoms. The SMILES string of the molecule is O=c1c(Br)c[nH]c2c(F)cc(F)cc12. The number of aromatic nitrogens is 1. The van der Waals surface area contributed by atoms with Gasteiger partial charge in [-0.3, -0.25) is 4.79 Å². The minimum absolute atomic E-state index is 0.00289. The number of halogens is 3. The molecular formula is C9H4BrF2NO. The highest BCUT2D eigenvalue weighted by atomic mass is 79.9. The highest BCUT2D eigenvalue weighted by molar-refractivity contribution is 9.10. The summed E-state index contributed by atoms with van der Waals surface area (Å²) >= 11 is 2.98. The number of nitrogens with one attached hydrogen (secondary N) is 1. The molecule has 0 saturated carbocycles. The number of fused-ring (bicyclic) bond motifs is 1. The summed E-state index contributed by atoms with van der Waals surface area (Å²) in [6, 6.07) is 1.73. The lowest BCUT2D eigenvalue weighted by molar-refractivity contribution is 0.590. The monoisotopic (exact) mass is 259 g/mol. The van der Waals surface area contributed by atoms with Gasteiger partial charge >= 0.3 is 0 Å². The molecule has 2 aromatic rings. The molecule has 14 heavy (non-hydrogen) atoms. The smallest absolute Gasteiger partial charge is 0.203 e. The van der Waals surface area contributed by atoms with Crippen LogP contribution in [0, 0.1) is 11.6 Å². The van der Waals surface area contributed by atoms with Crippen LogP contribution in [0.4, 0.5) is 8.78 Å². The molecule has 1 aromatic heterocycles. The van der Waals surface area contributed by atoms with E-state index in [0.29, 0.717) is 0 Å². The van der Waals surface area contributed by atoms with Crippen molar-refractivity contribution in [3.8, 4) is 0 Å². The summed E-state index contributed by atoms with van der Waals surface area (Å²) in [5.41, 5.74) is -0.420. The highest BCUT2D eigenvalue weighted by Gasteiger charge is 2.08. The van der Waals surface area contributed by atoms with E-state index < -0.39 is 17.1 Å². The Kier molecular flexibility index (Phi) is 2.11. The number of pyridine rings is 1. The van der Waals surface area contributed by atoms with Gasteiger partial charge in [0.2, 0.25) is 5.43 Å². The van der Waals surface area contributed by atoms with Crippen molar-refractivity contribution >= 4 is 26.8 Å². The van der Waals surface area contributed by atoms with E-state index in [4.69, 9.17) is 0 Å². The van der Waals surface area contributed by atoms with Crippen molar-refractivity contribution in [1.82, 2.24) is 4.98 Å². The molecule has 0 aliphatic rings. The van der Waals surface area contributed by atoms with Gasteiger partial charge in [0.15, 0.2) is 0 Å². The number of rotatable bonds is 0. The van der Waals surface area contributed by atoms with Crippen molar-refractivity contribution in [2.45, 2.75) is 0 Å². The second-order valence-electron chi connectivity index (χ2n) is 2.78. The minimum Gasteiger partial charge on any atom is -0.357 e. The quantitative estimate of drug-likeness (QED) is 0.775. The van der Waals surface area contributed by atoms with E-state index >= 15 is 0 Å². The zero-order chi connectivity index (χ0) is 10.3. The van der Waals surface area contributed by atoms with Crippen LogP contribution in [0.1, 0.15) is 0 Å². The fourth-order valence-electron chi connectivity index (χ4n) is 1.23. The zero-order valence-electron chi connectivity index (χ0n) is 6.77. The molecule has 2 rings (SSSR count). The molecule has 1 heterocycles. The lowest BCUT2D eigenvalue weighted by Gasteiger charge is -1.99. The molecule has 0 amide bonds. The lowest BCUT2D eigenvalue weighted by Crippen LogP contribution is -2.05. The molecule has 1 aromatic carbocycles. The highest BCUT2D eigenvalue weighted by Crippen LogP contribution is 2.16. The fourth-order valence-corrected chi connectivity index (χ4v) is 1.56. The van der Waals surface area contributed by atoms with Gasteiger partial charge < -0.3 is 4.98 Å². The topological polar surface area (TPSA) is 32.9 Å². The standard InChI is InChI=1S/C9H4BrF2NO/c10-6-3-13-8-5(9(6)14)1-4(11)2-7(8)12/h1-3H,(H,13,14). The van der Waals surface area contributed by atoms with Gasteiger partial charge in [-0.25, -0.2) is 8.78 Å². The first kappa shape index (κ1) is 9.33. The summed E-state index contributed by atoms with van der Waals surface area (Å²) in [6.07, 6.45) is 1.33. The molecule has 72 valence electrons. The average Bonchev–Trinajstić information content (AvgIpc) is 2.12. The maximum atomic E-state index is 13.1. The van der Waals surface area contributed by atoms with Crippen molar-refractivity contribution in [2.24, 2.45) is 0 Å². The number of aromatic amines is 1. The van der Waals surface area contributed by atoms with Gasteiger partial charge in [-0.05, 0) is 22.0 Å². The molecule has 0 atom stereocenters. The molecule has 0 radical (unpaired) electrons. The van der Waals surface area contributed by atoms with E-state index in [1.165, 1.54) is 6.20 Å². The second kappa shape index (κ2) is 3.16. The predicted molar refractivity (Wildman–Crippen MR) is 52.2 cm³/mol. The number of hydrogen-bond acceptors (Lipinski definition) is 1. The van der Waals surface area contributed by atoms with Crippen molar-refractivity contribution in [1.29, 1.82) is 0 Å². The van der Waals surface area contributed by atoms with Gasteiger partial charge in [0.25, 0.3) is 0 Å². The molecular weight excluding hydrogens is 256 g/mol. The lowest BCUT2D eigenvalue weighted by atomic mass is 10.2. The molecule has 0 aliphatic heterocycles. The van der Waals surface area contributed by atoms with Crippen LogP contribution >= 0.6 is 15.9 Å². The van der Waals surface area contributed by atoms with Crippen molar-refractivity contribution < 1.29 is 8.78 Å². The first-order valence-electron chi connectivity index (χ1n) is 3.75. The third-order valence-corrected chi connectivity index (χ3v) is 2.45. The Bertz CT molecular complexity index is 564. The van der Waals surface area contributed by atoms with Crippen molar-refractivity contribution in [2.75, 3.05) is 0 Å². The first-order valence-corrected chi connectivity index (χ1v) is 4.55. The van der Waals surface area contributed by atoms with Crippen molar-refractivity contribution in [3.05, 3.63) is 44.7 Å². The van der Waals surface area contributed by atoms with E-state index in [1.807, 2.05) is 0 Å². The predicted octanol–water partition coefficient (Wildman–Crippen LogP) is 2.57. The molecule has 0 unspecified atom stereocenters. The van der Waals surface area contributed by atoms with Crippen LogP contribution in [0.15, 0.2) is 27.6 Å². The van der Waals surface area contributed by atoms with Crippen LogP contribution in [-0.2, 0) is 0 Å². The summed E-state index contributed by atoms with van der Waals surface area (Å²) < 4.78 is 26.2. The minimum atomic E-state index is -0.774.